The van der Waals surface area contributed by atoms with Crippen molar-refractivity contribution < 1.29 is 36.9 Å². The van der Waals surface area contributed by atoms with E-state index in [-0.39, 0.29) is 29.3 Å². The van der Waals surface area contributed by atoms with Crippen molar-refractivity contribution >= 4 is 17.7 Å². The van der Waals surface area contributed by atoms with Crippen LogP contribution in [-0.2, 0) is 12.7 Å². The number of aryl methyl sites for hydroxylation is 1. The second-order valence-electron chi connectivity index (χ2n) is 13.6. The molecule has 288 valence electrons. The van der Waals surface area contributed by atoms with Gasteiger partial charge in [-0.2, -0.15) is 23.1 Å². The average Bonchev–Trinajstić information content (AvgIpc) is 3.81. The Morgan fingerprint density at radius 3 is 2.25 bits per heavy atom. The standard InChI is InChI=1S/C18H22F3N5O2.C15H25N5O2.CH4O/c1-3-14-11-25(4-2)8-9-26(14)17(27)22-13-7-5-6-12(10-13)15-23-16(28-24-15)18(19,20)21;1-11-16-13(22-18-11)10-19-6-8-20(9-7-19)14(21)17-12-4-5-15(12,2)3;1-2/h5-7,10,14H,3-4,8-9,11H2,1-2H3,(H,22,27);12H,4-10H2,1-3H3,(H,17,21);2H,1H3. The van der Waals surface area contributed by atoms with Gasteiger partial charge in [-0.1, -0.05) is 50.1 Å². The van der Waals surface area contributed by atoms with Crippen molar-refractivity contribution in [3.63, 3.8) is 0 Å². The number of carbonyl (C=O) groups is 2. The van der Waals surface area contributed by atoms with Crippen LogP contribution >= 0.6 is 0 Å². The van der Waals surface area contributed by atoms with E-state index in [0.717, 1.165) is 65.8 Å². The fourth-order valence-corrected chi connectivity index (χ4v) is 6.29. The number of amides is 4. The van der Waals surface area contributed by atoms with Crippen molar-refractivity contribution in [1.82, 2.24) is 45.2 Å². The first kappa shape index (κ1) is 40.5. The summed E-state index contributed by atoms with van der Waals surface area (Å²) in [6.45, 7) is 17.4. The number of rotatable bonds is 7. The molecule has 2 aliphatic heterocycles. The monoisotopic (exact) mass is 736 g/mol. The molecule has 2 saturated heterocycles. The number of alkyl halides is 3. The normalized spacial score (nSPS) is 20.5. The molecule has 4 amide bonds. The molecule has 0 bridgehead atoms. The number of aromatic nitrogens is 4. The molecule has 1 aromatic carbocycles. The van der Waals surface area contributed by atoms with E-state index < -0.39 is 12.1 Å². The van der Waals surface area contributed by atoms with E-state index in [1.165, 1.54) is 12.5 Å². The quantitative estimate of drug-likeness (QED) is 0.307. The average molecular weight is 737 g/mol. The topological polar surface area (TPSA) is 169 Å². The van der Waals surface area contributed by atoms with Gasteiger partial charge in [0.05, 0.1) is 6.54 Å². The maximum Gasteiger partial charge on any atom is 0.471 e. The van der Waals surface area contributed by atoms with E-state index in [4.69, 9.17) is 9.63 Å². The number of likely N-dealkylation sites (N-methyl/N-ethyl adjacent to an activating group) is 1. The molecular formula is C34H51F3N10O5. The molecule has 52 heavy (non-hydrogen) atoms. The molecule has 15 nitrogen and oxygen atoms in total. The summed E-state index contributed by atoms with van der Waals surface area (Å²) in [6, 6.07) is 6.62. The predicted octanol–water partition coefficient (Wildman–Crippen LogP) is 4.71. The summed E-state index contributed by atoms with van der Waals surface area (Å²) in [4.78, 5) is 40.9. The van der Waals surface area contributed by atoms with Crippen LogP contribution in [0.5, 0.6) is 0 Å². The predicted molar refractivity (Wildman–Crippen MR) is 186 cm³/mol. The molecule has 1 saturated carbocycles. The molecule has 3 aromatic rings. The number of aliphatic hydroxyl groups excluding tert-OH is 1. The molecule has 0 spiro atoms. The number of nitrogens with zero attached hydrogens (tertiary/aromatic N) is 8. The van der Waals surface area contributed by atoms with Crippen LogP contribution in [0.25, 0.3) is 11.4 Å². The highest BCUT2D eigenvalue weighted by molar-refractivity contribution is 5.90. The number of piperazine rings is 2. The van der Waals surface area contributed by atoms with E-state index in [1.54, 1.807) is 23.1 Å². The fraction of sp³-hybridized carbons (Fsp3) is 0.647. The van der Waals surface area contributed by atoms with Gasteiger partial charge in [0.2, 0.25) is 11.7 Å². The Morgan fingerprint density at radius 1 is 0.981 bits per heavy atom. The Balaban J connectivity index is 0.000000228. The lowest BCUT2D eigenvalue weighted by atomic mass is 9.67. The Kier molecular flexibility index (Phi) is 14.0. The van der Waals surface area contributed by atoms with Crippen molar-refractivity contribution in [3.05, 3.63) is 41.9 Å². The van der Waals surface area contributed by atoms with Crippen LogP contribution in [0.1, 0.15) is 64.6 Å². The first-order valence-corrected chi connectivity index (χ1v) is 17.6. The number of halogens is 3. The summed E-state index contributed by atoms with van der Waals surface area (Å²) in [6.07, 6.45) is -1.58. The fourth-order valence-electron chi connectivity index (χ4n) is 6.29. The van der Waals surface area contributed by atoms with Crippen LogP contribution in [0.2, 0.25) is 0 Å². The maximum absolute atomic E-state index is 12.7. The number of carbonyl (C=O) groups excluding carboxylic acids is 2. The van der Waals surface area contributed by atoms with E-state index in [2.05, 4.69) is 66.0 Å². The zero-order chi connectivity index (χ0) is 38.1. The van der Waals surface area contributed by atoms with Crippen LogP contribution in [0.4, 0.5) is 28.4 Å². The minimum absolute atomic E-state index is 0.0751. The lowest BCUT2D eigenvalue weighted by Crippen LogP contribution is -2.58. The third kappa shape index (κ3) is 10.6. The van der Waals surface area contributed by atoms with Gasteiger partial charge in [-0.3, -0.25) is 9.80 Å². The maximum atomic E-state index is 12.7. The largest absolute Gasteiger partial charge is 0.471 e. The molecule has 1 aliphatic carbocycles. The first-order chi connectivity index (χ1) is 24.7. The molecule has 2 aromatic heterocycles. The van der Waals surface area contributed by atoms with Gasteiger partial charge < -0.3 is 34.6 Å². The molecule has 3 aliphatic rings. The summed E-state index contributed by atoms with van der Waals surface area (Å²) >= 11 is 0. The highest BCUT2D eigenvalue weighted by atomic mass is 19.4. The number of anilines is 1. The molecule has 2 unspecified atom stereocenters. The zero-order valence-electron chi connectivity index (χ0n) is 30.7. The number of hydrogen-bond acceptors (Lipinski definition) is 11. The summed E-state index contributed by atoms with van der Waals surface area (Å²) in [7, 11) is 1.00. The first-order valence-electron chi connectivity index (χ1n) is 17.6. The molecular weight excluding hydrogens is 685 g/mol. The van der Waals surface area contributed by atoms with Gasteiger partial charge in [0.25, 0.3) is 0 Å². The van der Waals surface area contributed by atoms with E-state index in [1.807, 2.05) is 18.7 Å². The number of nitrogens with one attached hydrogen (secondary N) is 2. The minimum atomic E-state index is -4.70. The number of aliphatic hydroxyl groups is 1. The molecule has 3 N–H and O–H groups in total. The number of urea groups is 2. The van der Waals surface area contributed by atoms with E-state index in [0.29, 0.717) is 42.1 Å². The van der Waals surface area contributed by atoms with Gasteiger partial charge >= 0.3 is 24.1 Å². The van der Waals surface area contributed by atoms with E-state index >= 15 is 0 Å². The second-order valence-corrected chi connectivity index (χ2v) is 13.6. The van der Waals surface area contributed by atoms with Gasteiger partial charge in [0.15, 0.2) is 5.82 Å². The SMILES string of the molecule is CCC1CN(CC)CCN1C(=O)Nc1cccc(-c2noc(C(F)(F)F)n2)c1.CO.Cc1noc(CN2CCN(C(=O)NC3CCC3(C)C)CC2)n1. The Bertz CT molecular complexity index is 1590. The van der Waals surface area contributed by atoms with Crippen molar-refractivity contribution in [1.29, 1.82) is 0 Å². The van der Waals surface area contributed by atoms with Crippen molar-refractivity contribution in [2.75, 3.05) is 64.8 Å². The molecule has 0 radical (unpaired) electrons. The van der Waals surface area contributed by atoms with Crippen LogP contribution in [0, 0.1) is 12.3 Å². The molecule has 2 atom stereocenters. The van der Waals surface area contributed by atoms with Crippen LogP contribution in [0.15, 0.2) is 33.3 Å². The lowest BCUT2D eigenvalue weighted by molar-refractivity contribution is -0.159. The summed E-state index contributed by atoms with van der Waals surface area (Å²) in [5.41, 5.74) is 1.02. The number of benzene rings is 1. The van der Waals surface area contributed by atoms with Gasteiger partial charge in [0, 0.05) is 76.3 Å². The Morgan fingerprint density at radius 2 is 1.69 bits per heavy atom. The van der Waals surface area contributed by atoms with Crippen LogP contribution in [-0.4, -0.2) is 129 Å². The van der Waals surface area contributed by atoms with Crippen LogP contribution in [0.3, 0.4) is 0 Å². The Hall–Kier alpha value is -4.29. The van der Waals surface area contributed by atoms with Crippen molar-refractivity contribution in [3.8, 4) is 11.4 Å². The Labute approximate surface area is 301 Å². The lowest BCUT2D eigenvalue weighted by Gasteiger charge is -2.46. The molecule has 6 rings (SSSR count). The molecule has 18 heteroatoms. The van der Waals surface area contributed by atoms with E-state index in [9.17, 15) is 22.8 Å². The van der Waals surface area contributed by atoms with Gasteiger partial charge in [-0.15, -0.1) is 0 Å². The molecule has 4 heterocycles. The highest BCUT2D eigenvalue weighted by Crippen LogP contribution is 2.40. The smallest absolute Gasteiger partial charge is 0.400 e. The summed E-state index contributed by atoms with van der Waals surface area (Å²) in [5, 5.41) is 20.2. The van der Waals surface area contributed by atoms with Gasteiger partial charge in [-0.25, -0.2) is 9.59 Å². The second kappa shape index (κ2) is 18.0. The highest BCUT2D eigenvalue weighted by Gasteiger charge is 2.40. The van der Waals surface area contributed by atoms with Crippen molar-refractivity contribution in [2.45, 2.75) is 78.7 Å². The van der Waals surface area contributed by atoms with Crippen molar-refractivity contribution in [2.24, 2.45) is 5.41 Å². The van der Waals surface area contributed by atoms with Gasteiger partial charge in [0.1, 0.15) is 0 Å². The molecule has 3 fully saturated rings. The number of hydrogen-bond donors (Lipinski definition) is 3. The van der Waals surface area contributed by atoms with Gasteiger partial charge in [-0.05, 0) is 50.3 Å². The third-order valence-electron chi connectivity index (χ3n) is 9.69. The summed E-state index contributed by atoms with van der Waals surface area (Å²) in [5.74, 6) is -0.286. The summed E-state index contributed by atoms with van der Waals surface area (Å²) < 4.78 is 47.3. The van der Waals surface area contributed by atoms with Crippen LogP contribution < -0.4 is 10.6 Å². The zero-order valence-corrected chi connectivity index (χ0v) is 30.7. The minimum Gasteiger partial charge on any atom is -0.400 e. The third-order valence-corrected chi connectivity index (χ3v) is 9.69.